The quantitative estimate of drug-likeness (QED) is 0.861. The van der Waals surface area contributed by atoms with Gasteiger partial charge < -0.3 is 9.80 Å². The molecule has 0 unspecified atom stereocenters. The van der Waals surface area contributed by atoms with Gasteiger partial charge in [0, 0.05) is 24.2 Å². The van der Waals surface area contributed by atoms with Gasteiger partial charge in [-0.25, -0.2) is 0 Å². The van der Waals surface area contributed by atoms with Gasteiger partial charge in [0.1, 0.15) is 0 Å². The average molecular weight is 329 g/mol. The van der Waals surface area contributed by atoms with E-state index >= 15 is 0 Å². The summed E-state index contributed by atoms with van der Waals surface area (Å²) in [5.41, 5.74) is 2.26. The number of nitrogens with zero attached hydrogens (tertiary/aromatic N) is 3. The second-order valence-electron chi connectivity index (χ2n) is 6.39. The molecule has 1 amide bonds. The predicted octanol–water partition coefficient (Wildman–Crippen LogP) is 3.49. The largest absolute Gasteiger partial charge is 0.331 e. The van der Waals surface area contributed by atoms with E-state index in [1.807, 2.05) is 44.2 Å². The lowest BCUT2D eigenvalue weighted by Gasteiger charge is -2.25. The smallest absolute Gasteiger partial charge is 0.264 e. The van der Waals surface area contributed by atoms with Crippen molar-refractivity contribution in [1.29, 1.82) is 0 Å². The molecule has 5 heteroatoms. The van der Waals surface area contributed by atoms with E-state index in [0.717, 1.165) is 36.5 Å². The minimum Gasteiger partial charge on any atom is -0.331 e. The molecule has 0 bridgehead atoms. The third-order valence-corrected chi connectivity index (χ3v) is 5.16. The fourth-order valence-corrected chi connectivity index (χ4v) is 3.99. The zero-order valence-corrected chi connectivity index (χ0v) is 14.8. The maximum Gasteiger partial charge on any atom is 0.264 e. The zero-order chi connectivity index (χ0) is 16.4. The Kier molecular flexibility index (Phi) is 4.78. The Morgan fingerprint density at radius 2 is 2.22 bits per heavy atom. The lowest BCUT2D eigenvalue weighted by Crippen LogP contribution is -2.30. The van der Waals surface area contributed by atoms with Crippen molar-refractivity contribution >= 4 is 17.2 Å². The van der Waals surface area contributed by atoms with Crippen LogP contribution in [0.3, 0.4) is 0 Å². The maximum atomic E-state index is 12.8. The standard InChI is InChI=1S/C18H23N3OS/c1-13-6-7-17(23-13)18(22)21-10-4-5-16(21)14-8-9-19-15(11-14)12-20(2)3/h6-9,11,16H,4-5,10,12H2,1-3H3/t16-/m0/s1. The monoisotopic (exact) mass is 329 g/mol. The van der Waals surface area contributed by atoms with Crippen molar-refractivity contribution in [2.75, 3.05) is 20.6 Å². The first kappa shape index (κ1) is 16.1. The van der Waals surface area contributed by atoms with Crippen LogP contribution in [0.1, 0.15) is 44.7 Å². The average Bonchev–Trinajstić information content (AvgIpc) is 3.15. The fraction of sp³-hybridized carbons (Fsp3) is 0.444. The van der Waals surface area contributed by atoms with E-state index in [-0.39, 0.29) is 11.9 Å². The summed E-state index contributed by atoms with van der Waals surface area (Å²) in [5.74, 6) is 0.163. The first-order valence-electron chi connectivity index (χ1n) is 8.01. The normalized spacial score (nSPS) is 17.9. The second kappa shape index (κ2) is 6.81. The summed E-state index contributed by atoms with van der Waals surface area (Å²) in [6.45, 7) is 3.70. The number of hydrogen-bond donors (Lipinski definition) is 0. The van der Waals surface area contributed by atoms with Gasteiger partial charge in [-0.15, -0.1) is 11.3 Å². The molecule has 1 saturated heterocycles. The van der Waals surface area contributed by atoms with Crippen LogP contribution in [-0.4, -0.2) is 41.3 Å². The van der Waals surface area contributed by atoms with Gasteiger partial charge >= 0.3 is 0 Å². The summed E-state index contributed by atoms with van der Waals surface area (Å²) in [7, 11) is 4.08. The van der Waals surface area contributed by atoms with Crippen LogP contribution in [-0.2, 0) is 6.54 Å². The maximum absolute atomic E-state index is 12.8. The van der Waals surface area contributed by atoms with Crippen molar-refractivity contribution < 1.29 is 4.79 Å². The molecule has 0 spiro atoms. The van der Waals surface area contributed by atoms with Gasteiger partial charge in [0.05, 0.1) is 16.6 Å². The number of rotatable bonds is 4. The number of carbonyl (C=O) groups excluding carboxylic acids is 1. The molecule has 2 aromatic heterocycles. The molecule has 3 heterocycles. The van der Waals surface area contributed by atoms with E-state index in [1.165, 1.54) is 10.4 Å². The molecule has 0 radical (unpaired) electrons. The molecule has 2 aromatic rings. The van der Waals surface area contributed by atoms with Crippen LogP contribution in [0.25, 0.3) is 0 Å². The molecule has 0 aromatic carbocycles. The van der Waals surface area contributed by atoms with Gasteiger partial charge in [-0.3, -0.25) is 9.78 Å². The summed E-state index contributed by atoms with van der Waals surface area (Å²) in [4.78, 5) is 23.4. The van der Waals surface area contributed by atoms with Crippen LogP contribution in [0.2, 0.25) is 0 Å². The number of thiophene rings is 1. The molecule has 0 aliphatic carbocycles. The highest BCUT2D eigenvalue weighted by Gasteiger charge is 2.31. The topological polar surface area (TPSA) is 36.4 Å². The van der Waals surface area contributed by atoms with Crippen molar-refractivity contribution in [1.82, 2.24) is 14.8 Å². The molecule has 3 rings (SSSR count). The molecule has 1 atom stereocenters. The molecule has 0 saturated carbocycles. The number of pyridine rings is 1. The number of aromatic nitrogens is 1. The van der Waals surface area contributed by atoms with Gasteiger partial charge in [-0.05, 0) is 63.7 Å². The molecule has 4 nitrogen and oxygen atoms in total. The number of aryl methyl sites for hydroxylation is 1. The Labute approximate surface area is 141 Å². The van der Waals surface area contributed by atoms with E-state index in [9.17, 15) is 4.79 Å². The summed E-state index contributed by atoms with van der Waals surface area (Å²) in [6, 6.07) is 8.34. The molecule has 23 heavy (non-hydrogen) atoms. The molecule has 1 fully saturated rings. The van der Waals surface area contributed by atoms with Crippen LogP contribution in [0.5, 0.6) is 0 Å². The van der Waals surface area contributed by atoms with Crippen molar-refractivity contribution in [2.24, 2.45) is 0 Å². The molecule has 122 valence electrons. The summed E-state index contributed by atoms with van der Waals surface area (Å²) < 4.78 is 0. The van der Waals surface area contributed by atoms with E-state index in [2.05, 4.69) is 22.0 Å². The van der Waals surface area contributed by atoms with Gasteiger partial charge in [0.15, 0.2) is 0 Å². The van der Waals surface area contributed by atoms with Crippen molar-refractivity contribution in [3.05, 3.63) is 51.5 Å². The van der Waals surface area contributed by atoms with E-state index in [4.69, 9.17) is 0 Å². The summed E-state index contributed by atoms with van der Waals surface area (Å²) >= 11 is 1.58. The van der Waals surface area contributed by atoms with Crippen LogP contribution in [0.4, 0.5) is 0 Å². The molecule has 0 N–H and O–H groups in total. The Hall–Kier alpha value is -1.72. The van der Waals surface area contributed by atoms with Crippen molar-refractivity contribution in [3.8, 4) is 0 Å². The summed E-state index contributed by atoms with van der Waals surface area (Å²) in [5, 5.41) is 0. The minimum absolute atomic E-state index is 0.163. The third-order valence-electron chi connectivity index (χ3n) is 4.17. The fourth-order valence-electron chi connectivity index (χ4n) is 3.16. The van der Waals surface area contributed by atoms with E-state index in [1.54, 1.807) is 11.3 Å². The first-order chi connectivity index (χ1) is 11.0. The summed E-state index contributed by atoms with van der Waals surface area (Å²) in [6.07, 6.45) is 3.96. The van der Waals surface area contributed by atoms with E-state index in [0.29, 0.717) is 0 Å². The van der Waals surface area contributed by atoms with Gasteiger partial charge in [0.2, 0.25) is 0 Å². The predicted molar refractivity (Wildman–Crippen MR) is 93.7 cm³/mol. The van der Waals surface area contributed by atoms with Crippen molar-refractivity contribution in [2.45, 2.75) is 32.4 Å². The highest BCUT2D eigenvalue weighted by Crippen LogP contribution is 2.34. The highest BCUT2D eigenvalue weighted by atomic mass is 32.1. The molecule has 1 aliphatic heterocycles. The van der Waals surface area contributed by atoms with Crippen LogP contribution < -0.4 is 0 Å². The number of hydrogen-bond acceptors (Lipinski definition) is 4. The molecular weight excluding hydrogens is 306 g/mol. The lowest BCUT2D eigenvalue weighted by molar-refractivity contribution is 0.0740. The number of likely N-dealkylation sites (tertiary alicyclic amines) is 1. The molecule has 1 aliphatic rings. The zero-order valence-electron chi connectivity index (χ0n) is 14.0. The van der Waals surface area contributed by atoms with Gasteiger partial charge in [0.25, 0.3) is 5.91 Å². The van der Waals surface area contributed by atoms with Crippen LogP contribution in [0, 0.1) is 6.92 Å². The van der Waals surface area contributed by atoms with Crippen LogP contribution in [0.15, 0.2) is 30.5 Å². The Morgan fingerprint density at radius 1 is 1.39 bits per heavy atom. The Balaban J connectivity index is 1.82. The van der Waals surface area contributed by atoms with Crippen molar-refractivity contribution in [3.63, 3.8) is 0 Å². The first-order valence-corrected chi connectivity index (χ1v) is 8.83. The van der Waals surface area contributed by atoms with Gasteiger partial charge in [-0.1, -0.05) is 0 Å². The number of amides is 1. The second-order valence-corrected chi connectivity index (χ2v) is 7.67. The minimum atomic E-state index is 0.163. The van der Waals surface area contributed by atoms with E-state index < -0.39 is 0 Å². The van der Waals surface area contributed by atoms with Crippen LogP contribution >= 0.6 is 11.3 Å². The third kappa shape index (κ3) is 3.62. The Bertz CT molecular complexity index is 695. The molecular formula is C18H23N3OS. The highest BCUT2D eigenvalue weighted by molar-refractivity contribution is 7.13. The van der Waals surface area contributed by atoms with Gasteiger partial charge in [-0.2, -0.15) is 0 Å². The lowest BCUT2D eigenvalue weighted by atomic mass is 10.0. The number of carbonyl (C=O) groups is 1. The SMILES string of the molecule is Cc1ccc(C(=O)N2CCC[C@H]2c2ccnc(CN(C)C)c2)s1. The Morgan fingerprint density at radius 3 is 2.91 bits per heavy atom.